The van der Waals surface area contributed by atoms with Gasteiger partial charge in [0.1, 0.15) is 0 Å². The van der Waals surface area contributed by atoms with Crippen molar-refractivity contribution in [2.45, 2.75) is 24.9 Å². The van der Waals surface area contributed by atoms with E-state index in [9.17, 15) is 5.11 Å². The third-order valence-electron chi connectivity index (χ3n) is 3.32. The van der Waals surface area contributed by atoms with Gasteiger partial charge in [-0.1, -0.05) is 11.6 Å². The van der Waals surface area contributed by atoms with Crippen LogP contribution in [0.3, 0.4) is 0 Å². The van der Waals surface area contributed by atoms with E-state index >= 15 is 0 Å². The van der Waals surface area contributed by atoms with Gasteiger partial charge in [0.2, 0.25) is 0 Å². The number of hydrogen-bond donors (Lipinski definition) is 1. The van der Waals surface area contributed by atoms with Crippen LogP contribution in [0, 0.1) is 0 Å². The van der Waals surface area contributed by atoms with Crippen molar-refractivity contribution in [1.82, 2.24) is 0 Å². The zero-order valence-electron chi connectivity index (χ0n) is 9.05. The quantitative estimate of drug-likeness (QED) is 0.862. The molecule has 0 radical (unpaired) electrons. The van der Waals surface area contributed by atoms with Gasteiger partial charge in [-0.3, -0.25) is 0 Å². The van der Waals surface area contributed by atoms with Crippen molar-refractivity contribution >= 4 is 11.6 Å². The van der Waals surface area contributed by atoms with Crippen molar-refractivity contribution in [1.29, 1.82) is 0 Å². The van der Waals surface area contributed by atoms with Gasteiger partial charge in [0.05, 0.1) is 24.3 Å². The molecule has 16 heavy (non-hydrogen) atoms. The number of halogens is 1. The first-order valence-corrected chi connectivity index (χ1v) is 5.78. The lowest BCUT2D eigenvalue weighted by Crippen LogP contribution is -2.07. The van der Waals surface area contributed by atoms with E-state index in [1.165, 1.54) is 0 Å². The average molecular weight is 241 g/mol. The highest BCUT2D eigenvalue weighted by atomic mass is 35.5. The van der Waals surface area contributed by atoms with Gasteiger partial charge in [-0.25, -0.2) is 0 Å². The molecule has 0 amide bonds. The maximum absolute atomic E-state index is 10.2. The molecular formula is C12H13ClO3. The fourth-order valence-electron chi connectivity index (χ4n) is 2.19. The Bertz CT molecular complexity index is 452. The number of hydrogen-bond acceptors (Lipinski definition) is 3. The minimum Gasteiger partial charge on any atom is -0.493 e. The Hall–Kier alpha value is -0.930. The predicted molar refractivity (Wildman–Crippen MR) is 60.3 cm³/mol. The van der Waals surface area contributed by atoms with Crippen LogP contribution >= 0.6 is 11.6 Å². The zero-order chi connectivity index (χ0) is 11.3. The molecule has 1 fully saturated rings. The second-order valence-corrected chi connectivity index (χ2v) is 4.76. The second-order valence-electron chi connectivity index (χ2n) is 4.38. The summed E-state index contributed by atoms with van der Waals surface area (Å²) in [7, 11) is 1.60. The molecule has 0 saturated heterocycles. The van der Waals surface area contributed by atoms with Gasteiger partial charge >= 0.3 is 0 Å². The van der Waals surface area contributed by atoms with Gasteiger partial charge < -0.3 is 14.6 Å². The summed E-state index contributed by atoms with van der Waals surface area (Å²) in [6.07, 6.45) is 2.33. The second kappa shape index (κ2) is 3.28. The molecule has 0 spiro atoms. The molecule has 2 aliphatic rings. The Morgan fingerprint density at radius 1 is 1.50 bits per heavy atom. The maximum atomic E-state index is 10.2. The molecule has 1 aromatic rings. The van der Waals surface area contributed by atoms with Crippen LogP contribution in [0.4, 0.5) is 0 Å². The first-order chi connectivity index (χ1) is 7.65. The highest BCUT2D eigenvalue weighted by Crippen LogP contribution is 2.52. The fraction of sp³-hybridized carbons (Fsp3) is 0.500. The molecule has 1 N–H and O–H groups in total. The molecule has 0 unspecified atom stereocenters. The molecule has 3 nitrogen and oxygen atoms in total. The summed E-state index contributed by atoms with van der Waals surface area (Å²) in [5.74, 6) is 1.41. The fourth-order valence-corrected chi connectivity index (χ4v) is 2.60. The van der Waals surface area contributed by atoms with Crippen molar-refractivity contribution in [2.75, 3.05) is 13.7 Å². The van der Waals surface area contributed by atoms with Crippen LogP contribution in [0.2, 0.25) is 5.02 Å². The summed E-state index contributed by atoms with van der Waals surface area (Å²) in [4.78, 5) is 0. The van der Waals surface area contributed by atoms with Crippen LogP contribution in [-0.4, -0.2) is 18.8 Å². The monoisotopic (exact) mass is 240 g/mol. The maximum Gasteiger partial charge on any atom is 0.165 e. The average Bonchev–Trinajstić information content (AvgIpc) is 2.82. The summed E-state index contributed by atoms with van der Waals surface area (Å²) in [6.45, 7) is 0.632. The van der Waals surface area contributed by atoms with Gasteiger partial charge in [-0.05, 0) is 18.9 Å². The molecule has 86 valence electrons. The molecule has 1 heterocycles. The summed E-state index contributed by atoms with van der Waals surface area (Å²) in [5.41, 5.74) is 1.02. The highest BCUT2D eigenvalue weighted by molar-refractivity contribution is 6.32. The molecule has 3 rings (SSSR count). The van der Waals surface area contributed by atoms with Crippen LogP contribution in [0.1, 0.15) is 24.0 Å². The van der Waals surface area contributed by atoms with E-state index in [1.807, 2.05) is 0 Å². The Morgan fingerprint density at radius 2 is 2.25 bits per heavy atom. The third-order valence-corrected chi connectivity index (χ3v) is 3.75. The van der Waals surface area contributed by atoms with Crippen LogP contribution in [0.5, 0.6) is 11.5 Å². The smallest absolute Gasteiger partial charge is 0.165 e. The Labute approximate surface area is 98.9 Å². The minimum absolute atomic E-state index is 0.632. The van der Waals surface area contributed by atoms with E-state index < -0.39 is 5.60 Å². The molecule has 0 aromatic heterocycles. The van der Waals surface area contributed by atoms with Crippen LogP contribution in [0.15, 0.2) is 6.07 Å². The van der Waals surface area contributed by atoms with Crippen molar-refractivity contribution in [3.05, 3.63) is 22.2 Å². The number of aliphatic hydroxyl groups is 1. The normalized spacial score (nSPS) is 20.2. The van der Waals surface area contributed by atoms with Gasteiger partial charge in [-0.2, -0.15) is 0 Å². The lowest BCUT2D eigenvalue weighted by Gasteiger charge is -2.15. The van der Waals surface area contributed by atoms with Crippen molar-refractivity contribution in [3.8, 4) is 11.5 Å². The molecule has 1 aromatic carbocycles. The van der Waals surface area contributed by atoms with Gasteiger partial charge in [0.25, 0.3) is 0 Å². The van der Waals surface area contributed by atoms with E-state index in [0.717, 1.165) is 36.1 Å². The van der Waals surface area contributed by atoms with Crippen LogP contribution in [-0.2, 0) is 12.0 Å². The molecule has 0 atom stereocenters. The topological polar surface area (TPSA) is 38.7 Å². The zero-order valence-corrected chi connectivity index (χ0v) is 9.80. The predicted octanol–water partition coefficient (Wildman–Crippen LogP) is 2.26. The van der Waals surface area contributed by atoms with Crippen molar-refractivity contribution in [3.63, 3.8) is 0 Å². The summed E-state index contributed by atoms with van der Waals surface area (Å²) < 4.78 is 10.8. The summed E-state index contributed by atoms with van der Waals surface area (Å²) in [5, 5.41) is 10.8. The van der Waals surface area contributed by atoms with E-state index in [-0.39, 0.29) is 0 Å². The number of rotatable bonds is 2. The van der Waals surface area contributed by atoms with E-state index in [2.05, 4.69) is 0 Å². The first kappa shape index (κ1) is 10.2. The number of benzene rings is 1. The lowest BCUT2D eigenvalue weighted by atomic mass is 10.0. The summed E-state index contributed by atoms with van der Waals surface area (Å²) >= 11 is 6.31. The SMILES string of the molecule is COc1cc(C2(O)CC2)c(Cl)c2c1OCC2. The Morgan fingerprint density at radius 3 is 2.88 bits per heavy atom. The van der Waals surface area contributed by atoms with E-state index in [4.69, 9.17) is 21.1 Å². The van der Waals surface area contributed by atoms with Crippen LogP contribution in [0.25, 0.3) is 0 Å². The largest absolute Gasteiger partial charge is 0.493 e. The van der Waals surface area contributed by atoms with Crippen molar-refractivity contribution < 1.29 is 14.6 Å². The molecular weight excluding hydrogens is 228 g/mol. The number of fused-ring (bicyclic) bond motifs is 1. The lowest BCUT2D eigenvalue weighted by molar-refractivity contribution is 0.151. The number of methoxy groups -OCH3 is 1. The standard InChI is InChI=1S/C12H13ClO3/c1-15-9-6-8(12(14)3-4-12)10(13)7-2-5-16-11(7)9/h6,14H,2-5H2,1H3. The van der Waals surface area contributed by atoms with Gasteiger partial charge in [0.15, 0.2) is 11.5 Å². The van der Waals surface area contributed by atoms with E-state index in [1.54, 1.807) is 13.2 Å². The molecule has 0 bridgehead atoms. The van der Waals surface area contributed by atoms with Crippen LogP contribution < -0.4 is 9.47 Å². The molecule has 1 aliphatic carbocycles. The molecule has 1 aliphatic heterocycles. The minimum atomic E-state index is -0.734. The summed E-state index contributed by atoms with van der Waals surface area (Å²) in [6, 6.07) is 1.81. The van der Waals surface area contributed by atoms with Gasteiger partial charge in [0, 0.05) is 17.5 Å². The van der Waals surface area contributed by atoms with Crippen molar-refractivity contribution in [2.24, 2.45) is 0 Å². The number of ether oxygens (including phenoxy) is 2. The van der Waals surface area contributed by atoms with Gasteiger partial charge in [-0.15, -0.1) is 0 Å². The first-order valence-electron chi connectivity index (χ1n) is 5.41. The highest BCUT2D eigenvalue weighted by Gasteiger charge is 2.45. The Kier molecular flexibility index (Phi) is 2.10. The Balaban J connectivity index is 2.20. The van der Waals surface area contributed by atoms with E-state index in [0.29, 0.717) is 17.4 Å². The molecule has 4 heteroatoms. The molecule has 1 saturated carbocycles. The third kappa shape index (κ3) is 1.31.